The molecule has 4 rings (SSSR count). The highest BCUT2D eigenvalue weighted by Gasteiger charge is 2.30. The van der Waals surface area contributed by atoms with Crippen LogP contribution in [0.2, 0.25) is 0 Å². The Balaban J connectivity index is 1.34. The van der Waals surface area contributed by atoms with Gasteiger partial charge in [0.2, 0.25) is 11.8 Å². The summed E-state index contributed by atoms with van der Waals surface area (Å²) in [7, 11) is 0. The van der Waals surface area contributed by atoms with Crippen LogP contribution in [0, 0.1) is 18.7 Å². The fourth-order valence-electron chi connectivity index (χ4n) is 5.10. The maximum atomic E-state index is 13.4. The Morgan fingerprint density at radius 2 is 1.88 bits per heavy atom. The summed E-state index contributed by atoms with van der Waals surface area (Å²) in [6.45, 7) is 8.24. The molecule has 0 N–H and O–H groups in total. The lowest BCUT2D eigenvalue weighted by atomic mass is 9.86. The number of likely N-dealkylation sites (tertiary alicyclic amines) is 1. The molecule has 178 valence electrons. The molecule has 0 spiro atoms. The minimum absolute atomic E-state index is 0.0132. The molecule has 1 aromatic carbocycles. The summed E-state index contributed by atoms with van der Waals surface area (Å²) < 4.78 is 18.9. The molecule has 1 aliphatic heterocycles. The molecule has 1 saturated carbocycles. The summed E-state index contributed by atoms with van der Waals surface area (Å²) in [6, 6.07) is 9.41. The predicted molar refractivity (Wildman–Crippen MR) is 129 cm³/mol. The second-order valence-corrected chi connectivity index (χ2v) is 9.44. The first-order valence-electron chi connectivity index (χ1n) is 12.4. The lowest BCUT2D eigenvalue weighted by molar-refractivity contribution is -0.123. The molecule has 0 unspecified atom stereocenters. The molecule has 1 amide bonds. The Morgan fingerprint density at radius 1 is 1.12 bits per heavy atom. The average molecular weight is 454 g/mol. The van der Waals surface area contributed by atoms with Gasteiger partial charge in [-0.3, -0.25) is 9.69 Å². The van der Waals surface area contributed by atoms with Crippen LogP contribution in [0.25, 0.3) is 0 Å². The number of aromatic nitrogens is 1. The third kappa shape index (κ3) is 6.11. The van der Waals surface area contributed by atoms with E-state index in [-0.39, 0.29) is 23.7 Å². The van der Waals surface area contributed by atoms with Crippen LogP contribution in [0.1, 0.15) is 63.0 Å². The Labute approximate surface area is 196 Å². The summed E-state index contributed by atoms with van der Waals surface area (Å²) in [4.78, 5) is 21.8. The summed E-state index contributed by atoms with van der Waals surface area (Å²) >= 11 is 0. The molecule has 2 fully saturated rings. The van der Waals surface area contributed by atoms with Crippen LogP contribution in [0.4, 0.5) is 10.1 Å². The van der Waals surface area contributed by atoms with Crippen molar-refractivity contribution in [2.45, 2.75) is 71.4 Å². The number of pyridine rings is 1. The quantitative estimate of drug-likeness (QED) is 0.555. The van der Waals surface area contributed by atoms with Crippen molar-refractivity contribution in [2.75, 3.05) is 24.5 Å². The molecule has 0 atom stereocenters. The van der Waals surface area contributed by atoms with E-state index in [0.29, 0.717) is 12.4 Å². The number of benzene rings is 1. The van der Waals surface area contributed by atoms with Crippen molar-refractivity contribution in [3.63, 3.8) is 0 Å². The van der Waals surface area contributed by atoms with Crippen molar-refractivity contribution in [3.8, 4) is 5.88 Å². The topological polar surface area (TPSA) is 45.7 Å². The van der Waals surface area contributed by atoms with Crippen LogP contribution in [0.5, 0.6) is 5.88 Å². The van der Waals surface area contributed by atoms with Gasteiger partial charge in [0.15, 0.2) is 0 Å². The Hall–Kier alpha value is -2.47. The summed E-state index contributed by atoms with van der Waals surface area (Å²) in [5.41, 5.74) is 3.61. The van der Waals surface area contributed by atoms with Crippen LogP contribution >= 0.6 is 0 Å². The maximum absolute atomic E-state index is 13.4. The monoisotopic (exact) mass is 453 g/mol. The number of aryl methyl sites for hydroxylation is 1. The number of halogens is 1. The minimum atomic E-state index is -0.369. The molecule has 2 aromatic rings. The average Bonchev–Trinajstić information content (AvgIpc) is 2.84. The van der Waals surface area contributed by atoms with E-state index in [1.165, 1.54) is 55.7 Å². The Morgan fingerprint density at radius 3 is 2.52 bits per heavy atom. The molecule has 2 aliphatic rings. The van der Waals surface area contributed by atoms with Gasteiger partial charge < -0.3 is 9.64 Å². The standard InChI is InChI=1S/C27H36FN3O2/c1-3-31(24-11-7-22(20(2)17-24)19-30-15-5-4-6-16-30)27(32)21-8-12-25(13-9-21)33-26-14-10-23(28)18-29-26/h7,10-11,14,17-18,21,25H,3-6,8-9,12-13,15-16,19H2,1-2H3. The summed E-state index contributed by atoms with van der Waals surface area (Å²) in [6.07, 6.45) is 8.34. The molecule has 0 bridgehead atoms. The van der Waals surface area contributed by atoms with Crippen LogP contribution in [-0.2, 0) is 11.3 Å². The number of anilines is 1. The fraction of sp³-hybridized carbons (Fsp3) is 0.556. The summed E-state index contributed by atoms with van der Waals surface area (Å²) in [5.74, 6) is 0.297. The van der Waals surface area contributed by atoms with E-state index in [4.69, 9.17) is 4.74 Å². The number of nitrogens with zero attached hydrogens (tertiary/aromatic N) is 3. The van der Waals surface area contributed by atoms with Crippen LogP contribution in [-0.4, -0.2) is 41.5 Å². The normalized spacial score (nSPS) is 21.5. The molecule has 33 heavy (non-hydrogen) atoms. The van der Waals surface area contributed by atoms with E-state index in [1.807, 2.05) is 11.8 Å². The predicted octanol–water partition coefficient (Wildman–Crippen LogP) is 5.51. The van der Waals surface area contributed by atoms with E-state index in [9.17, 15) is 9.18 Å². The highest BCUT2D eigenvalue weighted by atomic mass is 19.1. The zero-order chi connectivity index (χ0) is 23.2. The number of hydrogen-bond acceptors (Lipinski definition) is 4. The van der Waals surface area contributed by atoms with Gasteiger partial charge >= 0.3 is 0 Å². The highest BCUT2D eigenvalue weighted by Crippen LogP contribution is 2.31. The van der Waals surface area contributed by atoms with E-state index < -0.39 is 0 Å². The van der Waals surface area contributed by atoms with E-state index in [1.54, 1.807) is 6.07 Å². The van der Waals surface area contributed by atoms with E-state index in [2.05, 4.69) is 35.0 Å². The Kier molecular flexibility index (Phi) is 7.97. The molecular weight excluding hydrogens is 417 g/mol. The third-order valence-electron chi connectivity index (χ3n) is 7.07. The van der Waals surface area contributed by atoms with Crippen molar-refractivity contribution in [1.82, 2.24) is 9.88 Å². The molecule has 1 aliphatic carbocycles. The van der Waals surface area contributed by atoms with Gasteiger partial charge in [0, 0.05) is 30.8 Å². The first-order valence-corrected chi connectivity index (χ1v) is 12.4. The van der Waals surface area contributed by atoms with Gasteiger partial charge in [0.05, 0.1) is 6.20 Å². The largest absolute Gasteiger partial charge is 0.474 e. The van der Waals surface area contributed by atoms with Gasteiger partial charge in [0.1, 0.15) is 11.9 Å². The Bertz CT molecular complexity index is 919. The van der Waals surface area contributed by atoms with Crippen LogP contribution in [0.15, 0.2) is 36.5 Å². The summed E-state index contributed by atoms with van der Waals surface area (Å²) in [5, 5.41) is 0. The number of rotatable bonds is 7. The zero-order valence-electron chi connectivity index (χ0n) is 19.9. The lowest BCUT2D eigenvalue weighted by Crippen LogP contribution is -2.39. The lowest BCUT2D eigenvalue weighted by Gasteiger charge is -2.32. The second-order valence-electron chi connectivity index (χ2n) is 9.44. The number of amides is 1. The smallest absolute Gasteiger partial charge is 0.230 e. The molecule has 6 heteroatoms. The van der Waals surface area contributed by atoms with Crippen LogP contribution in [0.3, 0.4) is 0 Å². The van der Waals surface area contributed by atoms with Crippen molar-refractivity contribution in [3.05, 3.63) is 53.5 Å². The fourth-order valence-corrected chi connectivity index (χ4v) is 5.10. The molecule has 5 nitrogen and oxygen atoms in total. The number of carbonyl (C=O) groups is 1. The number of carbonyl (C=O) groups excluding carboxylic acids is 1. The zero-order valence-corrected chi connectivity index (χ0v) is 19.9. The van der Waals surface area contributed by atoms with Gasteiger partial charge in [-0.05, 0) is 94.8 Å². The third-order valence-corrected chi connectivity index (χ3v) is 7.07. The van der Waals surface area contributed by atoms with E-state index >= 15 is 0 Å². The number of piperidine rings is 1. The molecule has 1 aromatic heterocycles. The van der Waals surface area contributed by atoms with Gasteiger partial charge in [-0.1, -0.05) is 12.5 Å². The van der Waals surface area contributed by atoms with Gasteiger partial charge in [0.25, 0.3) is 0 Å². The van der Waals surface area contributed by atoms with Crippen molar-refractivity contribution in [1.29, 1.82) is 0 Å². The molecule has 1 saturated heterocycles. The first kappa shape index (κ1) is 23.7. The SMILES string of the molecule is CCN(C(=O)C1CCC(Oc2ccc(F)cn2)CC1)c1ccc(CN2CCCCC2)c(C)c1. The first-order chi connectivity index (χ1) is 16.0. The minimum Gasteiger partial charge on any atom is -0.474 e. The van der Waals surface area contributed by atoms with Crippen molar-refractivity contribution in [2.24, 2.45) is 5.92 Å². The van der Waals surface area contributed by atoms with Crippen molar-refractivity contribution < 1.29 is 13.9 Å². The highest BCUT2D eigenvalue weighted by molar-refractivity contribution is 5.95. The van der Waals surface area contributed by atoms with Gasteiger partial charge in [-0.2, -0.15) is 0 Å². The number of ether oxygens (including phenoxy) is 1. The van der Waals surface area contributed by atoms with Gasteiger partial charge in [-0.25, -0.2) is 9.37 Å². The number of hydrogen-bond donors (Lipinski definition) is 0. The van der Waals surface area contributed by atoms with E-state index in [0.717, 1.165) is 37.9 Å². The van der Waals surface area contributed by atoms with Crippen molar-refractivity contribution >= 4 is 11.6 Å². The maximum Gasteiger partial charge on any atom is 0.230 e. The second kappa shape index (κ2) is 11.1. The molecular formula is C27H36FN3O2. The molecule has 2 heterocycles. The van der Waals surface area contributed by atoms with Gasteiger partial charge in [-0.15, -0.1) is 0 Å². The van der Waals surface area contributed by atoms with Crippen LogP contribution < -0.4 is 9.64 Å². The molecule has 0 radical (unpaired) electrons.